The number of nitrogens with zero attached hydrogens (tertiary/aromatic N) is 4. The minimum absolute atomic E-state index is 0.150. The lowest BCUT2D eigenvalue weighted by Gasteiger charge is -2.10. The molecule has 0 aliphatic carbocycles. The van der Waals surface area contributed by atoms with Gasteiger partial charge in [0.1, 0.15) is 0 Å². The molecule has 3 aromatic carbocycles. The first-order chi connectivity index (χ1) is 17.5. The predicted octanol–water partition coefficient (Wildman–Crippen LogP) is 6.67. The molecule has 0 saturated carbocycles. The molecule has 0 spiro atoms. The largest absolute Gasteiger partial charge is 0.301 e. The smallest absolute Gasteiger partial charge is 0.236 e. The first-order valence-electron chi connectivity index (χ1n) is 11.2. The summed E-state index contributed by atoms with van der Waals surface area (Å²) in [4.78, 5) is 18.2. The highest BCUT2D eigenvalue weighted by Gasteiger charge is 2.18. The number of hydrogen-bond donors (Lipinski definition) is 1. The predicted molar refractivity (Wildman–Crippen MR) is 147 cm³/mol. The van der Waals surface area contributed by atoms with E-state index in [2.05, 4.69) is 51.7 Å². The van der Waals surface area contributed by atoms with Gasteiger partial charge in [-0.2, -0.15) is 0 Å². The van der Waals surface area contributed by atoms with Crippen LogP contribution in [0.2, 0.25) is 5.02 Å². The van der Waals surface area contributed by atoms with Gasteiger partial charge in [-0.15, -0.1) is 21.5 Å². The molecule has 2 heterocycles. The third-order valence-electron chi connectivity index (χ3n) is 5.38. The van der Waals surface area contributed by atoms with Crippen molar-refractivity contribution in [3.8, 4) is 17.1 Å². The number of carbonyl (C=O) groups excluding carboxylic acids is 1. The van der Waals surface area contributed by atoms with Gasteiger partial charge in [-0.1, -0.05) is 83.5 Å². The Morgan fingerprint density at radius 3 is 2.50 bits per heavy atom. The van der Waals surface area contributed by atoms with E-state index >= 15 is 0 Å². The monoisotopic (exact) mass is 531 g/mol. The maximum absolute atomic E-state index is 12.7. The number of thiazole rings is 1. The Balaban J connectivity index is 1.28. The van der Waals surface area contributed by atoms with Gasteiger partial charge >= 0.3 is 0 Å². The van der Waals surface area contributed by atoms with Crippen molar-refractivity contribution in [1.82, 2.24) is 19.7 Å². The van der Waals surface area contributed by atoms with Gasteiger partial charge in [-0.25, -0.2) is 4.98 Å². The number of rotatable bonds is 8. The Hall–Kier alpha value is -3.46. The van der Waals surface area contributed by atoms with Crippen molar-refractivity contribution in [1.29, 1.82) is 0 Å². The van der Waals surface area contributed by atoms with Crippen LogP contribution in [-0.2, 0) is 11.2 Å². The molecule has 0 bridgehead atoms. The van der Waals surface area contributed by atoms with Crippen molar-refractivity contribution >= 4 is 45.7 Å². The zero-order valence-electron chi connectivity index (χ0n) is 19.4. The molecule has 0 aliphatic heterocycles. The first kappa shape index (κ1) is 24.2. The first-order valence-corrected chi connectivity index (χ1v) is 13.4. The second kappa shape index (κ2) is 11.1. The molecule has 2 aromatic heterocycles. The number of aryl methyl sites for hydroxylation is 1. The highest BCUT2D eigenvalue weighted by Crippen LogP contribution is 2.29. The van der Waals surface area contributed by atoms with Crippen molar-refractivity contribution in [3.05, 3.63) is 106 Å². The Kier molecular flexibility index (Phi) is 7.46. The maximum atomic E-state index is 12.7. The molecule has 0 unspecified atom stereocenters. The fourth-order valence-corrected chi connectivity index (χ4v) is 5.34. The van der Waals surface area contributed by atoms with Crippen LogP contribution >= 0.6 is 34.7 Å². The van der Waals surface area contributed by atoms with E-state index in [4.69, 9.17) is 11.6 Å². The highest BCUT2D eigenvalue weighted by atomic mass is 35.5. The van der Waals surface area contributed by atoms with Gasteiger partial charge in [-0.05, 0) is 36.8 Å². The number of amides is 1. The molecule has 1 N–H and O–H groups in total. The van der Waals surface area contributed by atoms with Crippen LogP contribution in [0, 0.1) is 6.92 Å². The SMILES string of the molecule is Cc1ccc(Cc2cnc(NC(=O)CSc3nnc(-c4ccccc4)n3-c3ccc(Cl)cc3)s2)cc1. The third kappa shape index (κ3) is 5.84. The number of hydrogen-bond acceptors (Lipinski definition) is 6. The van der Waals surface area contributed by atoms with E-state index < -0.39 is 0 Å². The summed E-state index contributed by atoms with van der Waals surface area (Å²) >= 11 is 8.91. The molecule has 5 rings (SSSR count). The summed E-state index contributed by atoms with van der Waals surface area (Å²) in [5.41, 5.74) is 4.25. The third-order valence-corrected chi connectivity index (χ3v) is 7.48. The topological polar surface area (TPSA) is 72.7 Å². The number of thioether (sulfide) groups is 1. The number of halogens is 1. The minimum Gasteiger partial charge on any atom is -0.301 e. The van der Waals surface area contributed by atoms with Crippen molar-refractivity contribution in [3.63, 3.8) is 0 Å². The minimum atomic E-state index is -0.150. The zero-order valence-corrected chi connectivity index (χ0v) is 21.8. The number of anilines is 1. The zero-order chi connectivity index (χ0) is 24.9. The summed E-state index contributed by atoms with van der Waals surface area (Å²) in [6, 6.07) is 25.7. The molecule has 6 nitrogen and oxygen atoms in total. The molecular weight excluding hydrogens is 510 g/mol. The molecule has 0 fully saturated rings. The van der Waals surface area contributed by atoms with Crippen molar-refractivity contribution in [2.75, 3.05) is 11.1 Å². The van der Waals surface area contributed by atoms with E-state index in [-0.39, 0.29) is 11.7 Å². The standard InChI is InChI=1S/C27H22ClN5OS2/c1-18-7-9-19(10-8-18)15-23-16-29-26(36-23)30-24(34)17-35-27-32-31-25(20-5-3-2-4-6-20)33(27)22-13-11-21(28)12-14-22/h2-14,16H,15,17H2,1H3,(H,29,30,34). The van der Waals surface area contributed by atoms with E-state index in [1.165, 1.54) is 34.2 Å². The summed E-state index contributed by atoms with van der Waals surface area (Å²) < 4.78 is 1.94. The Labute approximate surface area is 222 Å². The van der Waals surface area contributed by atoms with Crippen LogP contribution < -0.4 is 5.32 Å². The lowest BCUT2D eigenvalue weighted by molar-refractivity contribution is -0.113. The van der Waals surface area contributed by atoms with Crippen LogP contribution in [0.3, 0.4) is 0 Å². The summed E-state index contributed by atoms with van der Waals surface area (Å²) in [6.07, 6.45) is 2.60. The Bertz CT molecular complexity index is 1460. The van der Waals surface area contributed by atoms with Crippen LogP contribution in [0.25, 0.3) is 17.1 Å². The van der Waals surface area contributed by atoms with Crippen molar-refractivity contribution in [2.24, 2.45) is 0 Å². The van der Waals surface area contributed by atoms with Gasteiger partial charge in [-0.3, -0.25) is 9.36 Å². The van der Waals surface area contributed by atoms with E-state index in [9.17, 15) is 4.79 Å². The van der Waals surface area contributed by atoms with Gasteiger partial charge in [0, 0.05) is 33.8 Å². The fraction of sp³-hybridized carbons (Fsp3) is 0.111. The lowest BCUT2D eigenvalue weighted by Crippen LogP contribution is -2.14. The molecule has 180 valence electrons. The van der Waals surface area contributed by atoms with E-state index in [0.717, 1.165) is 22.5 Å². The molecule has 0 radical (unpaired) electrons. The molecule has 1 amide bonds. The number of aromatic nitrogens is 4. The molecule has 5 aromatic rings. The van der Waals surface area contributed by atoms with Crippen molar-refractivity contribution in [2.45, 2.75) is 18.5 Å². The average molecular weight is 532 g/mol. The van der Waals surface area contributed by atoms with Crippen LogP contribution in [0.1, 0.15) is 16.0 Å². The molecule has 0 atom stereocenters. The number of benzene rings is 3. The van der Waals surface area contributed by atoms with Gasteiger partial charge in [0.05, 0.1) is 5.75 Å². The summed E-state index contributed by atoms with van der Waals surface area (Å²) in [5, 5.41) is 13.5. The molecule has 0 saturated heterocycles. The fourth-order valence-electron chi connectivity index (χ4n) is 3.60. The summed E-state index contributed by atoms with van der Waals surface area (Å²) in [6.45, 7) is 2.07. The van der Waals surface area contributed by atoms with E-state index in [0.29, 0.717) is 21.1 Å². The summed E-state index contributed by atoms with van der Waals surface area (Å²) in [7, 11) is 0. The quantitative estimate of drug-likeness (QED) is 0.226. The second-order valence-corrected chi connectivity index (χ2v) is 10.6. The summed E-state index contributed by atoms with van der Waals surface area (Å²) in [5.74, 6) is 0.720. The van der Waals surface area contributed by atoms with Gasteiger partial charge in [0.25, 0.3) is 0 Å². The second-order valence-electron chi connectivity index (χ2n) is 8.11. The number of carbonyl (C=O) groups is 1. The average Bonchev–Trinajstić information content (AvgIpc) is 3.52. The van der Waals surface area contributed by atoms with Crippen LogP contribution in [0.5, 0.6) is 0 Å². The van der Waals surface area contributed by atoms with Crippen LogP contribution in [-0.4, -0.2) is 31.4 Å². The number of nitrogens with one attached hydrogen (secondary N) is 1. The molecule has 9 heteroatoms. The maximum Gasteiger partial charge on any atom is 0.236 e. The van der Waals surface area contributed by atoms with E-state index in [1.807, 2.05) is 65.4 Å². The Morgan fingerprint density at radius 2 is 1.75 bits per heavy atom. The van der Waals surface area contributed by atoms with Crippen molar-refractivity contribution < 1.29 is 4.79 Å². The normalized spacial score (nSPS) is 10.9. The molecule has 36 heavy (non-hydrogen) atoms. The lowest BCUT2D eigenvalue weighted by atomic mass is 10.1. The van der Waals surface area contributed by atoms with E-state index in [1.54, 1.807) is 0 Å². The van der Waals surface area contributed by atoms with Crippen LogP contribution in [0.15, 0.2) is 90.2 Å². The van der Waals surface area contributed by atoms with Gasteiger partial charge in [0.2, 0.25) is 5.91 Å². The Morgan fingerprint density at radius 1 is 1.00 bits per heavy atom. The molecule has 0 aliphatic rings. The molecular formula is C27H22ClN5OS2. The van der Waals surface area contributed by atoms with Gasteiger partial charge in [0.15, 0.2) is 16.1 Å². The van der Waals surface area contributed by atoms with Gasteiger partial charge < -0.3 is 5.32 Å². The highest BCUT2D eigenvalue weighted by molar-refractivity contribution is 7.99. The van der Waals surface area contributed by atoms with Crippen LogP contribution in [0.4, 0.5) is 5.13 Å².